The van der Waals surface area contributed by atoms with E-state index in [0.717, 1.165) is 0 Å². The van der Waals surface area contributed by atoms with E-state index in [-0.39, 0.29) is 23.3 Å². The first-order chi connectivity index (χ1) is 8.17. The number of carbonyl (C=O) groups is 2. The van der Waals surface area contributed by atoms with E-state index in [1.807, 2.05) is 13.8 Å². The lowest BCUT2D eigenvalue weighted by molar-refractivity contribution is -0.156. The van der Waals surface area contributed by atoms with E-state index in [1.54, 1.807) is 11.8 Å². The minimum absolute atomic E-state index is 0.00520. The minimum atomic E-state index is -0.700. The monoisotopic (exact) mass is 254 g/mol. The molecule has 1 fully saturated rings. The van der Waals surface area contributed by atoms with Gasteiger partial charge in [0.05, 0.1) is 0 Å². The number of nitrogens with zero attached hydrogens (tertiary/aromatic N) is 1. The second-order valence-electron chi connectivity index (χ2n) is 6.45. The van der Waals surface area contributed by atoms with Gasteiger partial charge >= 0.3 is 0 Å². The molecule has 1 N–H and O–H groups in total. The van der Waals surface area contributed by atoms with Gasteiger partial charge in [-0.3, -0.25) is 9.59 Å². The quantitative estimate of drug-likeness (QED) is 0.836. The molecule has 1 atom stereocenters. The Morgan fingerprint density at radius 2 is 1.72 bits per heavy atom. The fraction of sp³-hybridized carbons (Fsp3) is 0.857. The third kappa shape index (κ3) is 2.68. The molecule has 4 nitrogen and oxygen atoms in total. The van der Waals surface area contributed by atoms with E-state index in [1.165, 1.54) is 0 Å². The van der Waals surface area contributed by atoms with Gasteiger partial charge in [0.2, 0.25) is 11.8 Å². The number of rotatable bonds is 3. The Bertz CT molecular complexity index is 340. The van der Waals surface area contributed by atoms with Crippen LogP contribution in [0.5, 0.6) is 0 Å². The van der Waals surface area contributed by atoms with Gasteiger partial charge in [0.15, 0.2) is 0 Å². The number of piperazine rings is 1. The zero-order valence-electron chi connectivity index (χ0n) is 12.5. The molecule has 1 aliphatic heterocycles. The van der Waals surface area contributed by atoms with Gasteiger partial charge in [-0.2, -0.15) is 0 Å². The van der Waals surface area contributed by atoms with Crippen LogP contribution in [0.4, 0.5) is 0 Å². The molecule has 0 saturated carbocycles. The van der Waals surface area contributed by atoms with E-state index >= 15 is 0 Å². The average molecular weight is 254 g/mol. The van der Waals surface area contributed by atoms with Crippen molar-refractivity contribution in [2.75, 3.05) is 6.54 Å². The lowest BCUT2D eigenvalue weighted by Gasteiger charge is -2.46. The van der Waals surface area contributed by atoms with Gasteiger partial charge in [-0.25, -0.2) is 0 Å². The van der Waals surface area contributed by atoms with Crippen LogP contribution in [0.15, 0.2) is 0 Å². The predicted octanol–water partition coefficient (Wildman–Crippen LogP) is 1.94. The van der Waals surface area contributed by atoms with E-state index in [0.29, 0.717) is 19.4 Å². The molecule has 1 rings (SSSR count). The van der Waals surface area contributed by atoms with Gasteiger partial charge in [0.25, 0.3) is 0 Å². The smallest absolute Gasteiger partial charge is 0.248 e. The molecule has 1 unspecified atom stereocenters. The largest absolute Gasteiger partial charge is 0.340 e. The summed E-state index contributed by atoms with van der Waals surface area (Å²) in [5.74, 6) is 0.0251. The third-order valence-corrected chi connectivity index (χ3v) is 3.73. The summed E-state index contributed by atoms with van der Waals surface area (Å²) in [7, 11) is 0. The average Bonchev–Trinajstić information content (AvgIpc) is 2.28. The molecule has 0 aromatic heterocycles. The molecule has 2 amide bonds. The van der Waals surface area contributed by atoms with E-state index in [9.17, 15) is 9.59 Å². The summed E-state index contributed by atoms with van der Waals surface area (Å²) in [4.78, 5) is 26.5. The Labute approximate surface area is 110 Å². The van der Waals surface area contributed by atoms with E-state index in [4.69, 9.17) is 0 Å². The maximum Gasteiger partial charge on any atom is 0.248 e. The SMILES string of the molecule is CCC1(CC)NC(=O)C(C)N(CC(C)(C)C)C1=O. The van der Waals surface area contributed by atoms with Crippen molar-refractivity contribution < 1.29 is 9.59 Å². The summed E-state index contributed by atoms with van der Waals surface area (Å²) >= 11 is 0. The molecular formula is C14H26N2O2. The normalized spacial score (nSPS) is 24.1. The van der Waals surface area contributed by atoms with Crippen molar-refractivity contribution in [3.8, 4) is 0 Å². The number of hydrogen-bond donors (Lipinski definition) is 1. The van der Waals surface area contributed by atoms with Crippen LogP contribution >= 0.6 is 0 Å². The number of hydrogen-bond acceptors (Lipinski definition) is 2. The summed E-state index contributed by atoms with van der Waals surface area (Å²) < 4.78 is 0. The van der Waals surface area contributed by atoms with Crippen LogP contribution in [-0.2, 0) is 9.59 Å². The van der Waals surface area contributed by atoms with Crippen molar-refractivity contribution in [3.63, 3.8) is 0 Å². The Kier molecular flexibility index (Phi) is 4.08. The lowest BCUT2D eigenvalue weighted by Crippen LogP contribution is -2.70. The molecule has 104 valence electrons. The molecule has 1 saturated heterocycles. The molecule has 4 heteroatoms. The standard InChI is InChI=1S/C14H26N2O2/c1-7-14(8-2)12(18)16(9-13(4,5)6)10(3)11(17)15-14/h10H,7-9H2,1-6H3,(H,15,17). The highest BCUT2D eigenvalue weighted by molar-refractivity contribution is 5.99. The molecule has 0 aliphatic carbocycles. The first-order valence-electron chi connectivity index (χ1n) is 6.80. The van der Waals surface area contributed by atoms with Crippen LogP contribution in [0.25, 0.3) is 0 Å². The van der Waals surface area contributed by atoms with Crippen LogP contribution in [-0.4, -0.2) is 34.8 Å². The molecule has 18 heavy (non-hydrogen) atoms. The summed E-state index contributed by atoms with van der Waals surface area (Å²) in [6.45, 7) is 12.6. The zero-order chi connectivity index (χ0) is 14.1. The predicted molar refractivity (Wildman–Crippen MR) is 72.1 cm³/mol. The van der Waals surface area contributed by atoms with Crippen LogP contribution in [0, 0.1) is 5.41 Å². The molecular weight excluding hydrogens is 228 g/mol. The zero-order valence-corrected chi connectivity index (χ0v) is 12.5. The molecule has 0 spiro atoms. The second kappa shape index (κ2) is 4.90. The highest BCUT2D eigenvalue weighted by Gasteiger charge is 2.47. The second-order valence-corrected chi connectivity index (χ2v) is 6.45. The fourth-order valence-electron chi connectivity index (χ4n) is 2.44. The van der Waals surface area contributed by atoms with Crippen molar-refractivity contribution in [1.29, 1.82) is 0 Å². The van der Waals surface area contributed by atoms with Crippen LogP contribution < -0.4 is 5.32 Å². The van der Waals surface area contributed by atoms with Crippen molar-refractivity contribution in [2.45, 2.75) is 66.0 Å². The summed E-state index contributed by atoms with van der Waals surface area (Å²) in [6, 6.07) is -0.372. The Morgan fingerprint density at radius 1 is 1.22 bits per heavy atom. The Hall–Kier alpha value is -1.06. The van der Waals surface area contributed by atoms with Crippen LogP contribution in [0.3, 0.4) is 0 Å². The molecule has 0 aromatic rings. The lowest BCUT2D eigenvalue weighted by atomic mass is 9.85. The molecule has 0 bridgehead atoms. The molecule has 1 heterocycles. The van der Waals surface area contributed by atoms with Gasteiger partial charge < -0.3 is 10.2 Å². The van der Waals surface area contributed by atoms with Gasteiger partial charge in [0, 0.05) is 6.54 Å². The van der Waals surface area contributed by atoms with E-state index < -0.39 is 5.54 Å². The van der Waals surface area contributed by atoms with Crippen molar-refractivity contribution in [3.05, 3.63) is 0 Å². The molecule has 0 radical (unpaired) electrons. The Morgan fingerprint density at radius 3 is 2.11 bits per heavy atom. The van der Waals surface area contributed by atoms with Gasteiger partial charge in [-0.05, 0) is 25.2 Å². The third-order valence-electron chi connectivity index (χ3n) is 3.73. The highest BCUT2D eigenvalue weighted by Crippen LogP contribution is 2.27. The van der Waals surface area contributed by atoms with Gasteiger partial charge in [-0.1, -0.05) is 34.6 Å². The maximum atomic E-state index is 12.7. The van der Waals surface area contributed by atoms with Crippen molar-refractivity contribution in [1.82, 2.24) is 10.2 Å². The number of carbonyl (C=O) groups excluding carboxylic acids is 2. The minimum Gasteiger partial charge on any atom is -0.340 e. The van der Waals surface area contributed by atoms with Crippen LogP contribution in [0.2, 0.25) is 0 Å². The van der Waals surface area contributed by atoms with Crippen LogP contribution in [0.1, 0.15) is 54.4 Å². The first kappa shape index (κ1) is 15.0. The first-order valence-corrected chi connectivity index (χ1v) is 6.80. The number of amides is 2. The van der Waals surface area contributed by atoms with Crippen molar-refractivity contribution in [2.24, 2.45) is 5.41 Å². The molecule has 0 aromatic carbocycles. The van der Waals surface area contributed by atoms with E-state index in [2.05, 4.69) is 26.1 Å². The topological polar surface area (TPSA) is 49.4 Å². The Balaban J connectivity index is 3.07. The summed E-state index contributed by atoms with van der Waals surface area (Å²) in [5, 5.41) is 2.91. The van der Waals surface area contributed by atoms with Gasteiger partial charge in [-0.15, -0.1) is 0 Å². The molecule has 1 aliphatic rings. The summed E-state index contributed by atoms with van der Waals surface area (Å²) in [5.41, 5.74) is -0.705. The summed E-state index contributed by atoms with van der Waals surface area (Å²) in [6.07, 6.45) is 1.28. The van der Waals surface area contributed by atoms with Crippen molar-refractivity contribution >= 4 is 11.8 Å². The fourth-order valence-corrected chi connectivity index (χ4v) is 2.44. The maximum absolute atomic E-state index is 12.7. The number of nitrogens with one attached hydrogen (secondary N) is 1. The van der Waals surface area contributed by atoms with Gasteiger partial charge in [0.1, 0.15) is 11.6 Å². The highest BCUT2D eigenvalue weighted by atomic mass is 16.2.